The first-order chi connectivity index (χ1) is 17.2. The number of nitrogens with zero attached hydrogens (tertiary/aromatic N) is 2. The van der Waals surface area contributed by atoms with Crippen molar-refractivity contribution in [1.29, 1.82) is 0 Å². The van der Waals surface area contributed by atoms with Crippen molar-refractivity contribution in [3.8, 4) is 5.75 Å². The molecule has 10 heteroatoms. The number of ether oxygens (including phenoxy) is 1. The summed E-state index contributed by atoms with van der Waals surface area (Å²) < 4.78 is 48.2. The molecule has 1 heterocycles. The van der Waals surface area contributed by atoms with Crippen molar-refractivity contribution in [1.82, 2.24) is 4.90 Å². The van der Waals surface area contributed by atoms with Gasteiger partial charge in [-0.3, -0.25) is 9.10 Å². The van der Waals surface area contributed by atoms with Gasteiger partial charge in [0, 0.05) is 18.8 Å². The van der Waals surface area contributed by atoms with Crippen molar-refractivity contribution in [3.63, 3.8) is 0 Å². The van der Waals surface area contributed by atoms with Crippen LogP contribution in [0.2, 0.25) is 5.02 Å². The van der Waals surface area contributed by atoms with Crippen LogP contribution in [0.25, 0.3) is 0 Å². The Kier molecular flexibility index (Phi) is 7.82. The number of halogens is 2. The van der Waals surface area contributed by atoms with Gasteiger partial charge in [0.15, 0.2) is 0 Å². The fourth-order valence-corrected chi connectivity index (χ4v) is 5.74. The van der Waals surface area contributed by atoms with E-state index in [9.17, 15) is 17.6 Å². The Morgan fingerprint density at radius 1 is 1.14 bits per heavy atom. The molecule has 4 rings (SSSR count). The third-order valence-corrected chi connectivity index (χ3v) is 7.97. The molecule has 0 fully saturated rings. The van der Waals surface area contributed by atoms with Crippen molar-refractivity contribution in [3.05, 3.63) is 82.6 Å². The minimum Gasteiger partial charge on any atom is -0.492 e. The number of amides is 1. The van der Waals surface area contributed by atoms with Crippen LogP contribution in [0.3, 0.4) is 0 Å². The van der Waals surface area contributed by atoms with E-state index in [1.165, 1.54) is 28.6 Å². The van der Waals surface area contributed by atoms with Crippen molar-refractivity contribution < 1.29 is 22.3 Å². The number of sulfonamides is 1. The number of likely N-dealkylation sites (N-methyl/N-ethyl adjacent to an activating group) is 1. The average molecular weight is 532 g/mol. The van der Waals surface area contributed by atoms with Crippen LogP contribution in [0.4, 0.5) is 15.8 Å². The first-order valence-corrected chi connectivity index (χ1v) is 13.3. The molecule has 0 aliphatic carbocycles. The van der Waals surface area contributed by atoms with Gasteiger partial charge in [-0.05, 0) is 81.0 Å². The molecular weight excluding hydrogens is 505 g/mol. The van der Waals surface area contributed by atoms with Crippen LogP contribution in [0, 0.1) is 5.82 Å². The van der Waals surface area contributed by atoms with Gasteiger partial charge in [0.25, 0.3) is 15.9 Å². The minimum absolute atomic E-state index is 0.0104. The highest BCUT2D eigenvalue weighted by molar-refractivity contribution is 7.92. The molecule has 0 aromatic heterocycles. The van der Waals surface area contributed by atoms with E-state index in [4.69, 9.17) is 16.3 Å². The Hall–Kier alpha value is -3.14. The molecule has 0 spiro atoms. The highest BCUT2D eigenvalue weighted by Crippen LogP contribution is 2.35. The molecule has 1 N–H and O–H groups in total. The molecule has 190 valence electrons. The smallest absolute Gasteiger partial charge is 0.264 e. The normalized spacial score (nSPS) is 13.4. The largest absolute Gasteiger partial charge is 0.492 e. The number of carbonyl (C=O) groups excluding carboxylic acids is 1. The summed E-state index contributed by atoms with van der Waals surface area (Å²) in [5.74, 6) is -0.865. The van der Waals surface area contributed by atoms with Gasteiger partial charge in [0.05, 0.1) is 21.2 Å². The van der Waals surface area contributed by atoms with Crippen molar-refractivity contribution in [2.45, 2.75) is 17.7 Å². The third-order valence-electron chi connectivity index (χ3n) is 5.83. The van der Waals surface area contributed by atoms with Gasteiger partial charge in [-0.15, -0.1) is 0 Å². The maximum atomic E-state index is 14.2. The van der Waals surface area contributed by atoms with E-state index in [0.717, 1.165) is 18.2 Å². The molecule has 3 aromatic rings. The zero-order valence-electron chi connectivity index (χ0n) is 20.0. The van der Waals surface area contributed by atoms with E-state index in [1.807, 2.05) is 19.0 Å². The highest BCUT2D eigenvalue weighted by atomic mass is 35.5. The first-order valence-electron chi connectivity index (χ1n) is 11.5. The van der Waals surface area contributed by atoms with E-state index in [2.05, 4.69) is 5.32 Å². The van der Waals surface area contributed by atoms with Crippen molar-refractivity contribution >= 4 is 38.9 Å². The van der Waals surface area contributed by atoms with Crippen LogP contribution in [0.5, 0.6) is 5.75 Å². The molecule has 0 saturated carbocycles. The number of nitrogens with one attached hydrogen (secondary N) is 1. The topological polar surface area (TPSA) is 79.0 Å². The standard InChI is InChI=1S/C26H27ClFN3O4S/c1-30(2)15-16-35-20-10-12-21(13-11-20)36(33,34)31-14-4-5-18-8-9-19(17-24(18)31)29-26(32)25-22(27)6-3-7-23(25)28/h3,6-13,17H,4-5,14-16H2,1-2H3,(H,29,32). The molecule has 0 saturated heterocycles. The molecule has 1 amide bonds. The van der Waals surface area contributed by atoms with Crippen molar-refractivity contribution in [2.24, 2.45) is 0 Å². The molecule has 36 heavy (non-hydrogen) atoms. The van der Waals surface area contributed by atoms with Gasteiger partial charge in [-0.25, -0.2) is 12.8 Å². The third kappa shape index (κ3) is 5.64. The summed E-state index contributed by atoms with van der Waals surface area (Å²) in [6.45, 7) is 1.53. The fourth-order valence-electron chi connectivity index (χ4n) is 3.96. The second-order valence-corrected chi connectivity index (χ2v) is 11.0. The van der Waals surface area contributed by atoms with Crippen LogP contribution in [-0.2, 0) is 16.4 Å². The second-order valence-electron chi connectivity index (χ2n) is 8.70. The Bertz CT molecular complexity index is 1340. The van der Waals surface area contributed by atoms with Crippen LogP contribution in [-0.4, -0.2) is 53.0 Å². The predicted octanol–water partition coefficient (Wildman–Crippen LogP) is 4.81. The number of fused-ring (bicyclic) bond motifs is 1. The van der Waals surface area contributed by atoms with Gasteiger partial charge in [-0.2, -0.15) is 0 Å². The monoisotopic (exact) mass is 531 g/mol. The van der Waals surface area contributed by atoms with Crippen LogP contribution in [0.15, 0.2) is 65.6 Å². The summed E-state index contributed by atoms with van der Waals surface area (Å²) in [6, 6.07) is 15.4. The SMILES string of the molecule is CN(C)CCOc1ccc(S(=O)(=O)N2CCCc3ccc(NC(=O)c4c(F)cccc4Cl)cc32)cc1. The number of hydrogen-bond acceptors (Lipinski definition) is 5. The molecular formula is C26H27ClFN3O4S. The van der Waals surface area contributed by atoms with Gasteiger partial charge in [0.2, 0.25) is 0 Å². The van der Waals surface area contributed by atoms with Crippen molar-refractivity contribution in [2.75, 3.05) is 43.4 Å². The molecule has 3 aromatic carbocycles. The van der Waals surface area contributed by atoms with E-state index < -0.39 is 21.7 Å². The number of hydrogen-bond donors (Lipinski definition) is 1. The van der Waals surface area contributed by atoms with Gasteiger partial charge < -0.3 is 15.0 Å². The Morgan fingerprint density at radius 2 is 1.89 bits per heavy atom. The molecule has 0 atom stereocenters. The zero-order valence-corrected chi connectivity index (χ0v) is 21.6. The lowest BCUT2D eigenvalue weighted by Gasteiger charge is -2.31. The molecule has 7 nitrogen and oxygen atoms in total. The quantitative estimate of drug-likeness (QED) is 0.451. The summed E-state index contributed by atoms with van der Waals surface area (Å²) in [5.41, 5.74) is 1.39. The molecule has 1 aliphatic heterocycles. The number of anilines is 2. The lowest BCUT2D eigenvalue weighted by molar-refractivity contribution is 0.102. The highest BCUT2D eigenvalue weighted by Gasteiger charge is 2.29. The summed E-state index contributed by atoms with van der Waals surface area (Å²) in [7, 11) is 0.0305. The lowest BCUT2D eigenvalue weighted by Crippen LogP contribution is -2.35. The number of carbonyl (C=O) groups is 1. The summed E-state index contributed by atoms with van der Waals surface area (Å²) in [4.78, 5) is 14.8. The van der Waals surface area contributed by atoms with E-state index >= 15 is 0 Å². The van der Waals surface area contributed by atoms with Gasteiger partial charge >= 0.3 is 0 Å². The van der Waals surface area contributed by atoms with E-state index in [1.54, 1.807) is 30.3 Å². The summed E-state index contributed by atoms with van der Waals surface area (Å²) in [6.07, 6.45) is 1.36. The average Bonchev–Trinajstić information content (AvgIpc) is 2.83. The first kappa shape index (κ1) is 25.9. The molecule has 0 radical (unpaired) electrons. The molecule has 0 bridgehead atoms. The Balaban J connectivity index is 1.57. The number of aryl methyl sites for hydroxylation is 1. The summed E-state index contributed by atoms with van der Waals surface area (Å²) in [5, 5.41) is 2.62. The van der Waals surface area contributed by atoms with E-state index in [0.29, 0.717) is 43.1 Å². The minimum atomic E-state index is -3.86. The van der Waals surface area contributed by atoms with Gasteiger partial charge in [-0.1, -0.05) is 23.7 Å². The Labute approximate surface area is 215 Å². The van der Waals surface area contributed by atoms with E-state index in [-0.39, 0.29) is 15.5 Å². The van der Waals surface area contributed by atoms with Crippen LogP contribution in [0.1, 0.15) is 22.3 Å². The van der Waals surface area contributed by atoms with Gasteiger partial charge in [0.1, 0.15) is 18.2 Å². The summed E-state index contributed by atoms with van der Waals surface area (Å²) >= 11 is 6.01. The fraction of sp³-hybridized carbons (Fsp3) is 0.269. The molecule has 0 unspecified atom stereocenters. The Morgan fingerprint density at radius 3 is 2.58 bits per heavy atom. The second kappa shape index (κ2) is 10.9. The van der Waals surface area contributed by atoms with Crippen LogP contribution < -0.4 is 14.4 Å². The molecule has 1 aliphatic rings. The lowest BCUT2D eigenvalue weighted by atomic mass is 10.0. The maximum Gasteiger partial charge on any atom is 0.264 e. The van der Waals surface area contributed by atoms with Crippen LogP contribution >= 0.6 is 11.6 Å². The maximum absolute atomic E-state index is 14.2. The predicted molar refractivity (Wildman–Crippen MR) is 139 cm³/mol. The zero-order chi connectivity index (χ0) is 25.9. The number of benzene rings is 3. The number of rotatable bonds is 8.